The van der Waals surface area contributed by atoms with Gasteiger partial charge in [0.2, 0.25) is 5.91 Å². The largest absolute Gasteiger partial charge is 0.449 e. The zero-order valence-electron chi connectivity index (χ0n) is 12.6. The lowest BCUT2D eigenvalue weighted by molar-refractivity contribution is -0.121. The summed E-state index contributed by atoms with van der Waals surface area (Å²) in [6.07, 6.45) is 2.17. The van der Waals surface area contributed by atoms with Crippen molar-refractivity contribution in [1.29, 1.82) is 0 Å². The fourth-order valence-corrected chi connectivity index (χ4v) is 2.47. The summed E-state index contributed by atoms with van der Waals surface area (Å²) >= 11 is 7.98. The second-order valence-electron chi connectivity index (χ2n) is 4.77. The van der Waals surface area contributed by atoms with Gasteiger partial charge in [-0.15, -0.1) is 0 Å². The lowest BCUT2D eigenvalue weighted by Crippen LogP contribution is -2.26. The first-order valence-electron chi connectivity index (χ1n) is 7.16. The average Bonchev–Trinajstić information content (AvgIpc) is 2.97. The molecule has 2 N–H and O–H groups in total. The van der Waals surface area contributed by atoms with Crippen LogP contribution in [0.4, 0.5) is 0 Å². The second-order valence-corrected chi connectivity index (χ2v) is 6.24. The molecule has 2 amide bonds. The number of nitrogens with zero attached hydrogens (tertiary/aromatic N) is 1. The zero-order chi connectivity index (χ0) is 17.4. The van der Waals surface area contributed by atoms with Crippen LogP contribution in [0.25, 0.3) is 0 Å². The van der Waals surface area contributed by atoms with E-state index in [9.17, 15) is 9.59 Å². The first kappa shape index (κ1) is 18.5. The quantitative estimate of drug-likeness (QED) is 0.289. The van der Waals surface area contributed by atoms with Gasteiger partial charge in [0.05, 0.1) is 16.8 Å². The van der Waals surface area contributed by atoms with Gasteiger partial charge in [-0.25, -0.2) is 5.43 Å². The summed E-state index contributed by atoms with van der Waals surface area (Å²) in [5, 5.41) is 6.92. The highest BCUT2D eigenvalue weighted by molar-refractivity contribution is 14.1. The summed E-state index contributed by atoms with van der Waals surface area (Å²) in [7, 11) is 0. The number of furan rings is 1. The summed E-state index contributed by atoms with van der Waals surface area (Å²) in [5.74, 6) is 0.0673. The van der Waals surface area contributed by atoms with Crippen molar-refractivity contribution in [2.45, 2.75) is 12.8 Å². The molecule has 0 saturated heterocycles. The molecule has 0 bridgehead atoms. The summed E-state index contributed by atoms with van der Waals surface area (Å²) < 4.78 is 6.01. The number of rotatable bonds is 7. The Morgan fingerprint density at radius 1 is 1.25 bits per heavy atom. The van der Waals surface area contributed by atoms with Crippen molar-refractivity contribution in [2.24, 2.45) is 5.10 Å². The molecule has 0 spiro atoms. The van der Waals surface area contributed by atoms with Crippen molar-refractivity contribution in [2.75, 3.05) is 6.54 Å². The maximum Gasteiger partial charge on any atom is 0.252 e. The van der Waals surface area contributed by atoms with Gasteiger partial charge in [-0.3, -0.25) is 9.59 Å². The number of hydrogen-bond donors (Lipinski definition) is 2. The number of carbonyl (C=O) groups is 2. The molecule has 8 heteroatoms. The smallest absolute Gasteiger partial charge is 0.252 e. The van der Waals surface area contributed by atoms with Crippen molar-refractivity contribution in [3.05, 3.63) is 56.5 Å². The Hall–Kier alpha value is -1.87. The van der Waals surface area contributed by atoms with Crippen LogP contribution in [0, 0.1) is 3.77 Å². The maximum absolute atomic E-state index is 11.9. The first-order valence-corrected chi connectivity index (χ1v) is 8.62. The van der Waals surface area contributed by atoms with Crippen LogP contribution in [0.2, 0.25) is 5.02 Å². The molecule has 1 aromatic heterocycles. The normalized spacial score (nSPS) is 10.8. The van der Waals surface area contributed by atoms with Crippen LogP contribution in [0.3, 0.4) is 0 Å². The van der Waals surface area contributed by atoms with Crippen LogP contribution < -0.4 is 10.7 Å². The fraction of sp³-hybridized carbons (Fsp3) is 0.188. The van der Waals surface area contributed by atoms with Crippen molar-refractivity contribution in [3.63, 3.8) is 0 Å². The molecule has 6 nitrogen and oxygen atoms in total. The number of halogens is 2. The molecule has 0 atom stereocenters. The van der Waals surface area contributed by atoms with Gasteiger partial charge in [-0.2, -0.15) is 5.10 Å². The van der Waals surface area contributed by atoms with Gasteiger partial charge in [-0.1, -0.05) is 23.7 Å². The summed E-state index contributed by atoms with van der Waals surface area (Å²) in [4.78, 5) is 23.5. The Kier molecular flexibility index (Phi) is 7.26. The molecule has 0 aliphatic heterocycles. The van der Waals surface area contributed by atoms with Gasteiger partial charge in [-0.05, 0) is 53.3 Å². The molecule has 0 aliphatic carbocycles. The minimum absolute atomic E-state index is 0.237. The molecule has 2 aromatic rings. The Bertz CT molecular complexity index is 746. The molecule has 1 aromatic carbocycles. The van der Waals surface area contributed by atoms with Gasteiger partial charge in [0.15, 0.2) is 3.77 Å². The molecule has 126 valence electrons. The monoisotopic (exact) mass is 459 g/mol. The molecule has 0 aliphatic rings. The Labute approximate surface area is 157 Å². The maximum atomic E-state index is 11.9. The molecule has 24 heavy (non-hydrogen) atoms. The molecule has 0 radical (unpaired) electrons. The van der Waals surface area contributed by atoms with E-state index in [-0.39, 0.29) is 18.2 Å². The molecule has 1 heterocycles. The van der Waals surface area contributed by atoms with Crippen molar-refractivity contribution >= 4 is 52.2 Å². The topological polar surface area (TPSA) is 83.7 Å². The van der Waals surface area contributed by atoms with Gasteiger partial charge in [0, 0.05) is 13.0 Å². The average molecular weight is 460 g/mol. The third-order valence-electron chi connectivity index (χ3n) is 2.96. The number of nitrogens with one attached hydrogen (secondary N) is 2. The van der Waals surface area contributed by atoms with Crippen molar-refractivity contribution in [1.82, 2.24) is 10.7 Å². The molecular formula is C16H15ClIN3O3. The van der Waals surface area contributed by atoms with E-state index in [1.165, 1.54) is 6.21 Å². The highest BCUT2D eigenvalue weighted by Crippen LogP contribution is 2.14. The van der Waals surface area contributed by atoms with Gasteiger partial charge in [0.1, 0.15) is 5.76 Å². The van der Waals surface area contributed by atoms with E-state index in [0.29, 0.717) is 29.3 Å². The minimum atomic E-state index is -0.258. The number of benzene rings is 1. The Morgan fingerprint density at radius 2 is 2.04 bits per heavy atom. The van der Waals surface area contributed by atoms with E-state index in [1.807, 2.05) is 22.6 Å². The highest BCUT2D eigenvalue weighted by Gasteiger charge is 2.08. The van der Waals surface area contributed by atoms with Crippen LogP contribution >= 0.6 is 34.2 Å². The fourth-order valence-electron chi connectivity index (χ4n) is 1.81. The SMILES string of the molecule is O=C(CCCNC(=O)c1ccccc1Cl)NN=Cc1ccc(I)o1. The van der Waals surface area contributed by atoms with Crippen LogP contribution in [-0.2, 0) is 4.79 Å². The van der Waals surface area contributed by atoms with Crippen LogP contribution in [0.1, 0.15) is 29.0 Å². The lowest BCUT2D eigenvalue weighted by Gasteiger charge is -2.06. The zero-order valence-corrected chi connectivity index (χ0v) is 15.5. The summed E-state index contributed by atoms with van der Waals surface area (Å²) in [6, 6.07) is 10.4. The molecule has 0 fully saturated rings. The summed E-state index contributed by atoms with van der Waals surface area (Å²) in [6.45, 7) is 0.373. The molecular weight excluding hydrogens is 445 g/mol. The predicted octanol–water partition coefficient (Wildman–Crippen LogP) is 3.20. The van der Waals surface area contributed by atoms with E-state index < -0.39 is 0 Å². The lowest BCUT2D eigenvalue weighted by atomic mass is 10.2. The molecule has 0 saturated carbocycles. The number of hydrazone groups is 1. The number of carbonyl (C=O) groups excluding carboxylic acids is 2. The van der Waals surface area contributed by atoms with Crippen molar-refractivity contribution in [3.8, 4) is 0 Å². The van der Waals surface area contributed by atoms with Crippen LogP contribution in [0.5, 0.6) is 0 Å². The van der Waals surface area contributed by atoms with Gasteiger partial charge >= 0.3 is 0 Å². The van der Waals surface area contributed by atoms with E-state index in [1.54, 1.807) is 36.4 Å². The third kappa shape index (κ3) is 5.97. The molecule has 2 rings (SSSR count). The second kappa shape index (κ2) is 9.43. The Morgan fingerprint density at radius 3 is 2.75 bits per heavy atom. The number of hydrogen-bond acceptors (Lipinski definition) is 4. The van der Waals surface area contributed by atoms with E-state index >= 15 is 0 Å². The first-order chi connectivity index (χ1) is 11.6. The van der Waals surface area contributed by atoms with E-state index in [4.69, 9.17) is 16.0 Å². The predicted molar refractivity (Wildman–Crippen MR) is 100 cm³/mol. The van der Waals surface area contributed by atoms with Crippen LogP contribution in [0.15, 0.2) is 45.9 Å². The third-order valence-corrected chi connectivity index (χ3v) is 3.87. The standard InChI is InChI=1S/C16H15ClIN3O3/c17-13-5-2-1-4-12(13)16(23)19-9-3-6-15(22)21-20-10-11-7-8-14(18)24-11/h1-2,4-5,7-8,10H,3,6,9H2,(H,19,23)(H,21,22). The van der Waals surface area contributed by atoms with Crippen LogP contribution in [-0.4, -0.2) is 24.6 Å². The van der Waals surface area contributed by atoms with E-state index in [2.05, 4.69) is 15.8 Å². The summed E-state index contributed by atoms with van der Waals surface area (Å²) in [5.41, 5.74) is 2.82. The van der Waals surface area contributed by atoms with Gasteiger partial charge in [0.25, 0.3) is 5.91 Å². The van der Waals surface area contributed by atoms with E-state index in [0.717, 1.165) is 3.77 Å². The van der Waals surface area contributed by atoms with Crippen molar-refractivity contribution < 1.29 is 14.0 Å². The Balaban J connectivity index is 1.65. The number of amides is 2. The van der Waals surface area contributed by atoms with Gasteiger partial charge < -0.3 is 9.73 Å². The highest BCUT2D eigenvalue weighted by atomic mass is 127. The molecule has 0 unspecified atom stereocenters. The minimum Gasteiger partial charge on any atom is -0.449 e.